The smallest absolute Gasteiger partial charge is 0.232 e. The molecular formula is C11H19N3O. The Kier molecular flexibility index (Phi) is 2.78. The van der Waals surface area contributed by atoms with Gasteiger partial charge >= 0.3 is 0 Å². The predicted molar refractivity (Wildman–Crippen MR) is 57.6 cm³/mol. The maximum absolute atomic E-state index is 5.33. The summed E-state index contributed by atoms with van der Waals surface area (Å²) in [6.45, 7) is 7.46. The van der Waals surface area contributed by atoms with Gasteiger partial charge in [0.05, 0.1) is 6.04 Å². The maximum atomic E-state index is 5.33. The van der Waals surface area contributed by atoms with Crippen LogP contribution in [-0.4, -0.2) is 16.7 Å². The molecule has 4 nitrogen and oxygen atoms in total. The van der Waals surface area contributed by atoms with E-state index in [1.54, 1.807) is 0 Å². The molecule has 1 unspecified atom stereocenters. The van der Waals surface area contributed by atoms with Crippen molar-refractivity contribution in [2.24, 2.45) is 0 Å². The second-order valence-corrected chi connectivity index (χ2v) is 4.84. The van der Waals surface area contributed by atoms with Crippen LogP contribution in [0.25, 0.3) is 0 Å². The first-order valence-corrected chi connectivity index (χ1v) is 5.71. The van der Waals surface area contributed by atoms with E-state index in [9.17, 15) is 0 Å². The van der Waals surface area contributed by atoms with Crippen molar-refractivity contribution in [3.63, 3.8) is 0 Å². The molecule has 1 aromatic rings. The molecular weight excluding hydrogens is 190 g/mol. The van der Waals surface area contributed by atoms with Crippen LogP contribution in [0.3, 0.4) is 0 Å². The standard InChI is InChI=1S/C11H19N3O/c1-4-11(2,3)10-13-9(14-15-10)8-6-5-7-12-8/h8,12H,4-7H2,1-3H3. The molecule has 1 saturated heterocycles. The van der Waals surface area contributed by atoms with Crippen molar-refractivity contribution < 1.29 is 4.52 Å². The second kappa shape index (κ2) is 3.93. The molecule has 1 aliphatic rings. The van der Waals surface area contributed by atoms with Crippen LogP contribution >= 0.6 is 0 Å². The lowest BCUT2D eigenvalue weighted by Crippen LogP contribution is -2.17. The van der Waals surface area contributed by atoms with Crippen molar-refractivity contribution >= 4 is 0 Å². The quantitative estimate of drug-likeness (QED) is 0.829. The summed E-state index contributed by atoms with van der Waals surface area (Å²) in [4.78, 5) is 4.49. The molecule has 1 fully saturated rings. The van der Waals surface area contributed by atoms with Crippen molar-refractivity contribution in [2.45, 2.75) is 51.5 Å². The third-order valence-electron chi connectivity index (χ3n) is 3.28. The largest absolute Gasteiger partial charge is 0.339 e. The SMILES string of the molecule is CCC(C)(C)c1nc(C2CCCN2)no1. The van der Waals surface area contributed by atoms with E-state index in [-0.39, 0.29) is 5.41 Å². The van der Waals surface area contributed by atoms with Gasteiger partial charge in [-0.05, 0) is 25.8 Å². The molecule has 0 spiro atoms. The Morgan fingerprint density at radius 2 is 2.33 bits per heavy atom. The van der Waals surface area contributed by atoms with E-state index < -0.39 is 0 Å². The summed E-state index contributed by atoms with van der Waals surface area (Å²) < 4.78 is 5.33. The minimum atomic E-state index is -0.0101. The van der Waals surface area contributed by atoms with E-state index in [4.69, 9.17) is 4.52 Å². The van der Waals surface area contributed by atoms with Crippen LogP contribution in [0, 0.1) is 0 Å². The van der Waals surface area contributed by atoms with E-state index >= 15 is 0 Å². The lowest BCUT2D eigenvalue weighted by Gasteiger charge is -2.16. The Morgan fingerprint density at radius 3 is 2.93 bits per heavy atom. The molecule has 0 radical (unpaired) electrons. The molecule has 84 valence electrons. The molecule has 0 amide bonds. The third-order valence-corrected chi connectivity index (χ3v) is 3.28. The Morgan fingerprint density at radius 1 is 1.53 bits per heavy atom. The zero-order valence-electron chi connectivity index (χ0n) is 9.71. The molecule has 1 aliphatic heterocycles. The van der Waals surface area contributed by atoms with Crippen LogP contribution in [0.2, 0.25) is 0 Å². The summed E-state index contributed by atoms with van der Waals surface area (Å²) in [7, 11) is 0. The minimum absolute atomic E-state index is 0.0101. The van der Waals surface area contributed by atoms with Gasteiger partial charge < -0.3 is 9.84 Å². The average Bonchev–Trinajstić information content (AvgIpc) is 2.88. The average molecular weight is 209 g/mol. The zero-order chi connectivity index (χ0) is 10.9. The second-order valence-electron chi connectivity index (χ2n) is 4.84. The van der Waals surface area contributed by atoms with Crippen LogP contribution in [-0.2, 0) is 5.41 Å². The van der Waals surface area contributed by atoms with Gasteiger partial charge in [-0.3, -0.25) is 0 Å². The number of aromatic nitrogens is 2. The number of rotatable bonds is 3. The summed E-state index contributed by atoms with van der Waals surface area (Å²) >= 11 is 0. The molecule has 1 atom stereocenters. The van der Waals surface area contributed by atoms with E-state index in [2.05, 4.69) is 36.2 Å². The minimum Gasteiger partial charge on any atom is -0.339 e. The first-order chi connectivity index (χ1) is 7.13. The first kappa shape index (κ1) is 10.6. The molecule has 2 rings (SSSR count). The van der Waals surface area contributed by atoms with E-state index in [1.807, 2.05) is 0 Å². The summed E-state index contributed by atoms with van der Waals surface area (Å²) in [5.74, 6) is 1.58. The molecule has 0 bridgehead atoms. The van der Waals surface area contributed by atoms with Crippen molar-refractivity contribution in [1.29, 1.82) is 0 Å². The van der Waals surface area contributed by atoms with Crippen LogP contribution in [0.5, 0.6) is 0 Å². The summed E-state index contributed by atoms with van der Waals surface area (Å²) in [5, 5.41) is 7.43. The van der Waals surface area contributed by atoms with Gasteiger partial charge in [0.15, 0.2) is 5.82 Å². The Labute approximate surface area is 90.4 Å². The fourth-order valence-corrected chi connectivity index (χ4v) is 1.71. The highest BCUT2D eigenvalue weighted by Gasteiger charge is 2.28. The highest BCUT2D eigenvalue weighted by Crippen LogP contribution is 2.27. The monoisotopic (exact) mass is 209 g/mol. The molecule has 15 heavy (non-hydrogen) atoms. The van der Waals surface area contributed by atoms with Crippen molar-refractivity contribution in [3.8, 4) is 0 Å². The Balaban J connectivity index is 2.16. The van der Waals surface area contributed by atoms with Crippen molar-refractivity contribution in [2.75, 3.05) is 6.54 Å². The fraction of sp³-hybridized carbons (Fsp3) is 0.818. The first-order valence-electron chi connectivity index (χ1n) is 5.71. The summed E-state index contributed by atoms with van der Waals surface area (Å²) in [6, 6.07) is 0.301. The van der Waals surface area contributed by atoms with E-state index in [1.165, 1.54) is 6.42 Å². The summed E-state index contributed by atoms with van der Waals surface area (Å²) in [5.41, 5.74) is -0.0101. The Bertz CT molecular complexity index is 326. The molecule has 2 heterocycles. The fourth-order valence-electron chi connectivity index (χ4n) is 1.71. The number of hydrogen-bond donors (Lipinski definition) is 1. The van der Waals surface area contributed by atoms with Crippen molar-refractivity contribution in [1.82, 2.24) is 15.5 Å². The lowest BCUT2D eigenvalue weighted by atomic mass is 9.90. The van der Waals surface area contributed by atoms with Gasteiger partial charge in [-0.1, -0.05) is 25.9 Å². The van der Waals surface area contributed by atoms with Gasteiger partial charge in [-0.25, -0.2) is 0 Å². The van der Waals surface area contributed by atoms with Gasteiger partial charge in [0.1, 0.15) is 0 Å². The van der Waals surface area contributed by atoms with Crippen LogP contribution < -0.4 is 5.32 Å². The Hall–Kier alpha value is -0.900. The molecule has 1 aromatic heterocycles. The van der Waals surface area contributed by atoms with Gasteiger partial charge in [0.2, 0.25) is 5.89 Å². The van der Waals surface area contributed by atoms with Gasteiger partial charge in [-0.2, -0.15) is 4.98 Å². The van der Waals surface area contributed by atoms with Crippen LogP contribution in [0.4, 0.5) is 0 Å². The van der Waals surface area contributed by atoms with Crippen molar-refractivity contribution in [3.05, 3.63) is 11.7 Å². The number of nitrogens with one attached hydrogen (secondary N) is 1. The molecule has 1 N–H and O–H groups in total. The van der Waals surface area contributed by atoms with Crippen LogP contribution in [0.1, 0.15) is 57.8 Å². The number of hydrogen-bond acceptors (Lipinski definition) is 4. The van der Waals surface area contributed by atoms with E-state index in [0.29, 0.717) is 6.04 Å². The van der Waals surface area contributed by atoms with Gasteiger partial charge in [0.25, 0.3) is 0 Å². The highest BCUT2D eigenvalue weighted by molar-refractivity contribution is 5.03. The number of nitrogens with zero attached hydrogens (tertiary/aromatic N) is 2. The predicted octanol–water partition coefficient (Wildman–Crippen LogP) is 2.18. The molecule has 0 saturated carbocycles. The molecule has 0 aliphatic carbocycles. The van der Waals surface area contributed by atoms with Crippen LogP contribution in [0.15, 0.2) is 4.52 Å². The zero-order valence-corrected chi connectivity index (χ0v) is 9.71. The van der Waals surface area contributed by atoms with E-state index in [0.717, 1.165) is 31.1 Å². The maximum Gasteiger partial charge on any atom is 0.232 e. The van der Waals surface area contributed by atoms with Gasteiger partial charge in [0, 0.05) is 5.41 Å². The molecule has 0 aromatic carbocycles. The molecule has 4 heteroatoms. The highest BCUT2D eigenvalue weighted by atomic mass is 16.5. The summed E-state index contributed by atoms with van der Waals surface area (Å²) in [6.07, 6.45) is 3.32. The third kappa shape index (κ3) is 2.04. The normalized spacial score (nSPS) is 22.2. The van der Waals surface area contributed by atoms with Gasteiger partial charge in [-0.15, -0.1) is 0 Å². The topological polar surface area (TPSA) is 51.0 Å². The lowest BCUT2D eigenvalue weighted by molar-refractivity contribution is 0.298.